The van der Waals surface area contributed by atoms with Crippen LogP contribution in [0.4, 0.5) is 23.7 Å². The second kappa shape index (κ2) is 11.5. The van der Waals surface area contributed by atoms with E-state index in [1.165, 1.54) is 14.7 Å². The number of fused-ring (bicyclic) bond motifs is 1. The lowest BCUT2D eigenvalue weighted by molar-refractivity contribution is -0.138. The van der Waals surface area contributed by atoms with Gasteiger partial charge in [0, 0.05) is 43.5 Å². The van der Waals surface area contributed by atoms with Gasteiger partial charge < -0.3 is 25.1 Å². The molecular formula is C27H35F3N4O5S. The second-order valence-electron chi connectivity index (χ2n) is 10.8. The predicted octanol–water partition coefficient (Wildman–Crippen LogP) is 4.59. The fourth-order valence-corrected chi connectivity index (χ4v) is 7.23. The molecule has 1 aromatic carbocycles. The quantitative estimate of drug-likeness (QED) is 0.486. The number of anilines is 1. The van der Waals surface area contributed by atoms with Crippen molar-refractivity contribution >= 4 is 41.3 Å². The van der Waals surface area contributed by atoms with E-state index in [-0.39, 0.29) is 48.5 Å². The van der Waals surface area contributed by atoms with Crippen molar-refractivity contribution in [3.8, 4) is 0 Å². The number of hydrogen-bond donors (Lipinski definition) is 2. The maximum atomic E-state index is 14.5. The van der Waals surface area contributed by atoms with Gasteiger partial charge in [-0.25, -0.2) is 4.79 Å². The number of rotatable bonds is 7. The van der Waals surface area contributed by atoms with Crippen LogP contribution in [0.15, 0.2) is 17.0 Å². The molecule has 0 unspecified atom stereocenters. The van der Waals surface area contributed by atoms with Crippen molar-refractivity contribution in [1.29, 1.82) is 0 Å². The molecule has 0 radical (unpaired) electrons. The van der Waals surface area contributed by atoms with Crippen LogP contribution in [0.3, 0.4) is 0 Å². The normalized spacial score (nSPS) is 20.3. The van der Waals surface area contributed by atoms with Crippen molar-refractivity contribution in [3.63, 3.8) is 0 Å². The SMILES string of the molecule is CCC(=O)NCCN1C(=O)C2(CCC2)Sc2cc(C(F)(F)F)c(C(=O)N(C(C)C)[C@@H]3CCCN(C(=O)O)C3)cc21. The molecule has 13 heteroatoms. The Labute approximate surface area is 235 Å². The number of alkyl halides is 3. The lowest BCUT2D eigenvalue weighted by Crippen LogP contribution is -2.55. The van der Waals surface area contributed by atoms with E-state index < -0.39 is 46.1 Å². The van der Waals surface area contributed by atoms with Crippen molar-refractivity contribution in [3.05, 3.63) is 23.3 Å². The molecule has 1 saturated heterocycles. The van der Waals surface area contributed by atoms with Crippen molar-refractivity contribution < 1.29 is 37.5 Å². The molecule has 40 heavy (non-hydrogen) atoms. The summed E-state index contributed by atoms with van der Waals surface area (Å²) in [5.41, 5.74) is -1.44. The maximum Gasteiger partial charge on any atom is 0.417 e. The van der Waals surface area contributed by atoms with Crippen LogP contribution in [-0.2, 0) is 15.8 Å². The van der Waals surface area contributed by atoms with Gasteiger partial charge in [-0.3, -0.25) is 14.4 Å². The first-order chi connectivity index (χ1) is 18.8. The van der Waals surface area contributed by atoms with Gasteiger partial charge in [0.05, 0.1) is 27.6 Å². The van der Waals surface area contributed by atoms with Gasteiger partial charge in [-0.1, -0.05) is 6.92 Å². The van der Waals surface area contributed by atoms with Gasteiger partial charge >= 0.3 is 12.3 Å². The van der Waals surface area contributed by atoms with Crippen LogP contribution < -0.4 is 10.2 Å². The number of nitrogens with zero attached hydrogens (tertiary/aromatic N) is 3. The van der Waals surface area contributed by atoms with Crippen molar-refractivity contribution in [2.75, 3.05) is 31.1 Å². The Kier molecular flexibility index (Phi) is 8.63. The Morgan fingerprint density at radius 3 is 2.48 bits per heavy atom. The summed E-state index contributed by atoms with van der Waals surface area (Å²) in [5, 5.41) is 12.2. The highest BCUT2D eigenvalue weighted by molar-refractivity contribution is 8.01. The lowest BCUT2D eigenvalue weighted by atomic mass is 9.82. The molecule has 2 N–H and O–H groups in total. The van der Waals surface area contributed by atoms with E-state index in [4.69, 9.17) is 0 Å². The summed E-state index contributed by atoms with van der Waals surface area (Å²) >= 11 is 1.12. The molecular weight excluding hydrogens is 549 g/mol. The summed E-state index contributed by atoms with van der Waals surface area (Å²) in [6.07, 6.45) is -2.92. The summed E-state index contributed by atoms with van der Waals surface area (Å²) in [4.78, 5) is 55.1. The van der Waals surface area contributed by atoms with Crippen LogP contribution in [0.5, 0.6) is 0 Å². The zero-order valence-electron chi connectivity index (χ0n) is 22.8. The highest BCUT2D eigenvalue weighted by Gasteiger charge is 2.52. The van der Waals surface area contributed by atoms with E-state index in [0.29, 0.717) is 32.2 Å². The van der Waals surface area contributed by atoms with Crippen molar-refractivity contribution in [2.45, 2.75) is 87.2 Å². The number of hydrogen-bond acceptors (Lipinski definition) is 5. The fourth-order valence-electron chi connectivity index (χ4n) is 5.67. The first-order valence-electron chi connectivity index (χ1n) is 13.6. The van der Waals surface area contributed by atoms with Crippen LogP contribution >= 0.6 is 11.8 Å². The standard InChI is InChI=1S/C27H35F3N4O5S/c1-4-22(35)31-10-12-33-20-13-18(23(36)34(16(2)3)17-7-5-11-32(15-17)25(38)39)19(27(28,29)30)14-21(20)40-26(24(33)37)8-6-9-26/h13-14,16-17H,4-12,15H2,1-3H3,(H,31,35)(H,38,39)/t17-/m1/s1. The zero-order valence-corrected chi connectivity index (χ0v) is 23.7. The van der Waals surface area contributed by atoms with E-state index in [1.54, 1.807) is 20.8 Å². The van der Waals surface area contributed by atoms with Crippen LogP contribution in [0, 0.1) is 0 Å². The van der Waals surface area contributed by atoms with Crippen LogP contribution in [0.1, 0.15) is 75.2 Å². The van der Waals surface area contributed by atoms with Gasteiger partial charge in [-0.2, -0.15) is 13.2 Å². The largest absolute Gasteiger partial charge is 0.465 e. The minimum absolute atomic E-state index is 0.00561. The first kappa shape index (κ1) is 30.0. The van der Waals surface area contributed by atoms with E-state index >= 15 is 0 Å². The van der Waals surface area contributed by atoms with Crippen molar-refractivity contribution in [2.24, 2.45) is 0 Å². The molecule has 1 saturated carbocycles. The molecule has 1 atom stereocenters. The Morgan fingerprint density at radius 2 is 1.93 bits per heavy atom. The number of nitrogens with one attached hydrogen (secondary N) is 1. The summed E-state index contributed by atoms with van der Waals surface area (Å²) in [5.74, 6) is -1.30. The van der Waals surface area contributed by atoms with E-state index in [1.807, 2.05) is 0 Å². The van der Waals surface area contributed by atoms with Crippen molar-refractivity contribution in [1.82, 2.24) is 15.1 Å². The maximum absolute atomic E-state index is 14.5. The monoisotopic (exact) mass is 584 g/mol. The molecule has 3 aliphatic rings. The number of thioether (sulfide) groups is 1. The lowest BCUT2D eigenvalue weighted by Gasteiger charge is -2.47. The van der Waals surface area contributed by atoms with E-state index in [0.717, 1.165) is 30.3 Å². The Morgan fingerprint density at radius 1 is 1.23 bits per heavy atom. The number of carbonyl (C=O) groups is 4. The van der Waals surface area contributed by atoms with Gasteiger partial charge in [-0.15, -0.1) is 11.8 Å². The molecule has 1 spiro atoms. The third kappa shape index (κ3) is 5.75. The minimum Gasteiger partial charge on any atom is -0.465 e. The number of halogens is 3. The van der Waals surface area contributed by atoms with E-state index in [9.17, 15) is 37.5 Å². The highest BCUT2D eigenvalue weighted by atomic mass is 32.2. The summed E-state index contributed by atoms with van der Waals surface area (Å²) in [6, 6.07) is 1.04. The minimum atomic E-state index is -4.84. The van der Waals surface area contributed by atoms with E-state index in [2.05, 4.69) is 5.32 Å². The number of piperidine rings is 1. The number of likely N-dealkylation sites (tertiary alicyclic amines) is 1. The summed E-state index contributed by atoms with van der Waals surface area (Å²) in [6.45, 7) is 5.54. The number of amides is 4. The molecule has 4 amide bonds. The third-order valence-electron chi connectivity index (χ3n) is 7.86. The smallest absolute Gasteiger partial charge is 0.417 e. The van der Waals surface area contributed by atoms with Crippen LogP contribution in [0.2, 0.25) is 0 Å². The Balaban J connectivity index is 1.77. The zero-order chi connectivity index (χ0) is 29.4. The molecule has 0 aromatic heterocycles. The van der Waals surface area contributed by atoms with Gasteiger partial charge in [0.2, 0.25) is 11.8 Å². The fraction of sp³-hybridized carbons (Fsp3) is 0.630. The number of carboxylic acid groups (broad SMARTS) is 1. The molecule has 4 rings (SSSR count). The number of benzene rings is 1. The van der Waals surface area contributed by atoms with Crippen LogP contribution in [0.25, 0.3) is 0 Å². The molecule has 2 heterocycles. The number of carbonyl (C=O) groups excluding carboxylic acids is 3. The molecule has 220 valence electrons. The predicted molar refractivity (Wildman–Crippen MR) is 143 cm³/mol. The highest BCUT2D eigenvalue weighted by Crippen LogP contribution is 2.56. The molecule has 0 bridgehead atoms. The average Bonchev–Trinajstić information content (AvgIpc) is 2.87. The van der Waals surface area contributed by atoms with Gasteiger partial charge in [0.25, 0.3) is 5.91 Å². The topological polar surface area (TPSA) is 110 Å². The molecule has 2 aliphatic heterocycles. The van der Waals surface area contributed by atoms with Gasteiger partial charge in [0.1, 0.15) is 0 Å². The molecule has 9 nitrogen and oxygen atoms in total. The Bertz CT molecular complexity index is 1190. The molecule has 1 aliphatic carbocycles. The third-order valence-corrected chi connectivity index (χ3v) is 9.38. The summed E-state index contributed by atoms with van der Waals surface area (Å²) in [7, 11) is 0. The first-order valence-corrected chi connectivity index (χ1v) is 14.4. The Hall–Kier alpha value is -2.96. The molecule has 1 aromatic rings. The van der Waals surface area contributed by atoms with Gasteiger partial charge in [0.15, 0.2) is 0 Å². The molecule has 2 fully saturated rings. The summed E-state index contributed by atoms with van der Waals surface area (Å²) < 4.78 is 42.5. The van der Waals surface area contributed by atoms with Crippen LogP contribution in [-0.4, -0.2) is 81.7 Å². The average molecular weight is 585 g/mol. The second-order valence-corrected chi connectivity index (χ2v) is 12.2. The van der Waals surface area contributed by atoms with Gasteiger partial charge in [-0.05, 0) is 58.1 Å².